The fourth-order valence-electron chi connectivity index (χ4n) is 1.84. The van der Waals surface area contributed by atoms with Crippen LogP contribution in [0.2, 0.25) is 0 Å². The molecule has 1 saturated carbocycles. The van der Waals surface area contributed by atoms with Crippen LogP contribution in [0.3, 0.4) is 0 Å². The number of hydrogen-bond acceptors (Lipinski definition) is 3. The SMILES string of the molecule is O=C(C=C1CCCCC1)c1cnccn1. The Morgan fingerprint density at radius 3 is 2.67 bits per heavy atom. The van der Waals surface area contributed by atoms with Crippen molar-refractivity contribution in [1.82, 2.24) is 9.97 Å². The van der Waals surface area contributed by atoms with Crippen molar-refractivity contribution in [3.05, 3.63) is 35.9 Å². The summed E-state index contributed by atoms with van der Waals surface area (Å²) in [6.07, 6.45) is 12.2. The maximum absolute atomic E-state index is 11.7. The summed E-state index contributed by atoms with van der Waals surface area (Å²) in [7, 11) is 0. The van der Waals surface area contributed by atoms with E-state index < -0.39 is 0 Å². The smallest absolute Gasteiger partial charge is 0.205 e. The lowest BCUT2D eigenvalue weighted by atomic mass is 9.94. The molecule has 0 radical (unpaired) electrons. The number of carbonyl (C=O) groups excluding carboxylic acids is 1. The van der Waals surface area contributed by atoms with Crippen LogP contribution in [0.25, 0.3) is 0 Å². The minimum Gasteiger partial charge on any atom is -0.287 e. The van der Waals surface area contributed by atoms with E-state index in [0.717, 1.165) is 12.8 Å². The van der Waals surface area contributed by atoms with Crippen molar-refractivity contribution in [2.24, 2.45) is 0 Å². The van der Waals surface area contributed by atoms with E-state index >= 15 is 0 Å². The van der Waals surface area contributed by atoms with Crippen LogP contribution in [-0.4, -0.2) is 15.8 Å². The molecule has 1 fully saturated rings. The highest BCUT2D eigenvalue weighted by Crippen LogP contribution is 2.22. The average molecular weight is 202 g/mol. The molecule has 1 aromatic heterocycles. The zero-order valence-corrected chi connectivity index (χ0v) is 8.65. The fraction of sp³-hybridized carbons (Fsp3) is 0.417. The maximum atomic E-state index is 11.7. The third-order valence-electron chi connectivity index (χ3n) is 2.65. The highest BCUT2D eigenvalue weighted by atomic mass is 16.1. The summed E-state index contributed by atoms with van der Waals surface area (Å²) in [5.74, 6) is -0.0139. The van der Waals surface area contributed by atoms with Crippen LogP contribution in [0.5, 0.6) is 0 Å². The zero-order valence-electron chi connectivity index (χ0n) is 8.65. The molecule has 3 nitrogen and oxygen atoms in total. The minimum atomic E-state index is -0.0139. The van der Waals surface area contributed by atoms with Gasteiger partial charge in [-0.3, -0.25) is 9.78 Å². The predicted octanol–water partition coefficient (Wildman–Crippen LogP) is 2.55. The first-order valence-corrected chi connectivity index (χ1v) is 5.36. The van der Waals surface area contributed by atoms with Crippen LogP contribution in [0, 0.1) is 0 Å². The van der Waals surface area contributed by atoms with Crippen LogP contribution in [0.4, 0.5) is 0 Å². The first-order chi connectivity index (χ1) is 7.36. The predicted molar refractivity (Wildman–Crippen MR) is 57.5 cm³/mol. The number of nitrogens with zero attached hydrogens (tertiary/aromatic N) is 2. The molecule has 1 aliphatic rings. The molecule has 0 N–H and O–H groups in total. The van der Waals surface area contributed by atoms with Gasteiger partial charge < -0.3 is 0 Å². The molecule has 0 spiro atoms. The molecule has 0 unspecified atom stereocenters. The largest absolute Gasteiger partial charge is 0.287 e. The lowest BCUT2D eigenvalue weighted by Gasteiger charge is -2.12. The fourth-order valence-corrected chi connectivity index (χ4v) is 1.84. The Morgan fingerprint density at radius 1 is 1.20 bits per heavy atom. The molecule has 0 saturated heterocycles. The monoisotopic (exact) mass is 202 g/mol. The summed E-state index contributed by atoms with van der Waals surface area (Å²) in [6, 6.07) is 0. The third-order valence-corrected chi connectivity index (χ3v) is 2.65. The van der Waals surface area contributed by atoms with E-state index in [1.807, 2.05) is 0 Å². The molecule has 0 aromatic carbocycles. The van der Waals surface area contributed by atoms with Crippen molar-refractivity contribution >= 4 is 5.78 Å². The van der Waals surface area contributed by atoms with Crippen molar-refractivity contribution < 1.29 is 4.79 Å². The molecule has 1 heterocycles. The highest BCUT2D eigenvalue weighted by Gasteiger charge is 2.09. The van der Waals surface area contributed by atoms with Gasteiger partial charge >= 0.3 is 0 Å². The molecule has 2 rings (SSSR count). The molecule has 3 heteroatoms. The normalized spacial score (nSPS) is 16.1. The topological polar surface area (TPSA) is 42.9 Å². The molecule has 0 amide bonds. The Balaban J connectivity index is 2.08. The third kappa shape index (κ3) is 2.72. The number of ketones is 1. The number of aromatic nitrogens is 2. The summed E-state index contributed by atoms with van der Waals surface area (Å²) < 4.78 is 0. The molecule has 1 aliphatic carbocycles. The second-order valence-corrected chi connectivity index (χ2v) is 3.82. The van der Waals surface area contributed by atoms with Crippen molar-refractivity contribution in [2.45, 2.75) is 32.1 Å². The molecular weight excluding hydrogens is 188 g/mol. The van der Waals surface area contributed by atoms with Crippen LogP contribution < -0.4 is 0 Å². The van der Waals surface area contributed by atoms with Gasteiger partial charge in [-0.25, -0.2) is 4.98 Å². The van der Waals surface area contributed by atoms with E-state index in [9.17, 15) is 4.79 Å². The lowest BCUT2D eigenvalue weighted by Crippen LogP contribution is -2.02. The average Bonchev–Trinajstić information content (AvgIpc) is 2.31. The van der Waals surface area contributed by atoms with Gasteiger partial charge in [0.15, 0.2) is 0 Å². The summed E-state index contributed by atoms with van der Waals surface area (Å²) in [4.78, 5) is 19.6. The Hall–Kier alpha value is -1.51. The Labute approximate surface area is 89.3 Å². The summed E-state index contributed by atoms with van der Waals surface area (Å²) in [6.45, 7) is 0. The second kappa shape index (κ2) is 4.82. The van der Waals surface area contributed by atoms with Crippen LogP contribution in [0.1, 0.15) is 42.6 Å². The number of hydrogen-bond donors (Lipinski definition) is 0. The van der Waals surface area contributed by atoms with Gasteiger partial charge in [-0.15, -0.1) is 0 Å². The summed E-state index contributed by atoms with van der Waals surface area (Å²) in [5, 5.41) is 0. The Kier molecular flexibility index (Phi) is 3.22. The van der Waals surface area contributed by atoms with Crippen molar-refractivity contribution in [3.63, 3.8) is 0 Å². The molecule has 0 aliphatic heterocycles. The van der Waals surface area contributed by atoms with Crippen molar-refractivity contribution in [1.29, 1.82) is 0 Å². The van der Waals surface area contributed by atoms with Crippen molar-refractivity contribution in [3.8, 4) is 0 Å². The van der Waals surface area contributed by atoms with Gasteiger partial charge in [0.2, 0.25) is 5.78 Å². The number of rotatable bonds is 2. The highest BCUT2D eigenvalue weighted by molar-refractivity contribution is 6.03. The van der Waals surface area contributed by atoms with Crippen LogP contribution in [-0.2, 0) is 0 Å². The second-order valence-electron chi connectivity index (χ2n) is 3.82. The van der Waals surface area contributed by atoms with E-state index in [1.165, 1.54) is 31.0 Å². The van der Waals surface area contributed by atoms with Gasteiger partial charge in [-0.1, -0.05) is 12.0 Å². The molecule has 1 aromatic rings. The molecule has 78 valence electrons. The first-order valence-electron chi connectivity index (χ1n) is 5.36. The van der Waals surface area contributed by atoms with Gasteiger partial charge in [0.05, 0.1) is 6.20 Å². The Morgan fingerprint density at radius 2 is 2.00 bits per heavy atom. The van der Waals surface area contributed by atoms with E-state index in [4.69, 9.17) is 0 Å². The zero-order chi connectivity index (χ0) is 10.5. The van der Waals surface area contributed by atoms with E-state index in [0.29, 0.717) is 5.69 Å². The molecule has 0 atom stereocenters. The lowest BCUT2D eigenvalue weighted by molar-refractivity contribution is 0.104. The molecule has 15 heavy (non-hydrogen) atoms. The summed E-state index contributed by atoms with van der Waals surface area (Å²) in [5.41, 5.74) is 1.70. The maximum Gasteiger partial charge on any atom is 0.205 e. The van der Waals surface area contributed by atoms with Gasteiger partial charge in [-0.05, 0) is 31.8 Å². The van der Waals surface area contributed by atoms with Gasteiger partial charge in [-0.2, -0.15) is 0 Å². The standard InChI is InChI=1S/C12H14N2O/c15-12(11-9-13-6-7-14-11)8-10-4-2-1-3-5-10/h6-9H,1-5H2. The quantitative estimate of drug-likeness (QED) is 0.546. The summed E-state index contributed by atoms with van der Waals surface area (Å²) >= 11 is 0. The Bertz CT molecular complexity index is 362. The first kappa shape index (κ1) is 10.0. The van der Waals surface area contributed by atoms with Gasteiger partial charge in [0.1, 0.15) is 5.69 Å². The van der Waals surface area contributed by atoms with E-state index in [2.05, 4.69) is 9.97 Å². The van der Waals surface area contributed by atoms with E-state index in [-0.39, 0.29) is 5.78 Å². The minimum absolute atomic E-state index is 0.0139. The van der Waals surface area contributed by atoms with Gasteiger partial charge in [0, 0.05) is 12.4 Å². The number of allylic oxidation sites excluding steroid dienone is 2. The number of carbonyl (C=O) groups is 1. The van der Waals surface area contributed by atoms with E-state index in [1.54, 1.807) is 18.5 Å². The van der Waals surface area contributed by atoms with Gasteiger partial charge in [0.25, 0.3) is 0 Å². The van der Waals surface area contributed by atoms with Crippen molar-refractivity contribution in [2.75, 3.05) is 0 Å². The van der Waals surface area contributed by atoms with Crippen LogP contribution in [0.15, 0.2) is 30.2 Å². The molecular formula is C12H14N2O. The van der Waals surface area contributed by atoms with Crippen LogP contribution >= 0.6 is 0 Å². The molecule has 0 bridgehead atoms.